The average Bonchev–Trinajstić information content (AvgIpc) is 2.91. The Morgan fingerprint density at radius 1 is 1.21 bits per heavy atom. The minimum atomic E-state index is -3.87. The van der Waals surface area contributed by atoms with Crippen LogP contribution in [0.15, 0.2) is 58.5 Å². The highest BCUT2D eigenvalue weighted by Crippen LogP contribution is 2.28. The summed E-state index contributed by atoms with van der Waals surface area (Å²) in [6.45, 7) is -0.502. The fraction of sp³-hybridized carbons (Fsp3) is 0.0588. The number of para-hydroxylation sites is 1. The number of amides is 1. The zero-order chi connectivity index (χ0) is 21.2. The van der Waals surface area contributed by atoms with Crippen molar-refractivity contribution in [3.63, 3.8) is 0 Å². The number of aliphatic carboxylic acids is 1. The molecule has 0 bridgehead atoms. The number of hydrogen-bond donors (Lipinski definition) is 4. The predicted molar refractivity (Wildman–Crippen MR) is 110 cm³/mol. The summed E-state index contributed by atoms with van der Waals surface area (Å²) >= 11 is 5.12. The summed E-state index contributed by atoms with van der Waals surface area (Å²) in [6.07, 6.45) is 0. The van der Waals surface area contributed by atoms with Gasteiger partial charge in [-0.25, -0.2) is 13.6 Å². The summed E-state index contributed by atoms with van der Waals surface area (Å²) in [5, 5.41) is 20.9. The van der Waals surface area contributed by atoms with Gasteiger partial charge in [0.2, 0.25) is 10.0 Å². The standard InChI is InChI=1S/C17H15N5O5S2/c18-29(26,27)11-5-3-4-10(8-11)19-17(28)21-20-15-12-6-1-2-7-13(12)22(16(15)25)9-14(23)24/h1-8H,9H2,(H,23,24)(H2,18,26,27)(H2,19,21,28)/b20-15-. The Kier molecular flexibility index (Phi) is 5.59. The van der Waals surface area contributed by atoms with E-state index in [0.717, 1.165) is 4.90 Å². The zero-order valence-corrected chi connectivity index (χ0v) is 16.3. The average molecular weight is 433 g/mol. The van der Waals surface area contributed by atoms with Crippen LogP contribution in [-0.2, 0) is 19.6 Å². The van der Waals surface area contributed by atoms with E-state index in [1.807, 2.05) is 0 Å². The molecule has 0 aromatic heterocycles. The third-order valence-electron chi connectivity index (χ3n) is 3.88. The molecule has 10 nitrogen and oxygen atoms in total. The second-order valence-corrected chi connectivity index (χ2v) is 7.87. The SMILES string of the molecule is NS(=O)(=O)c1cccc(NC(=S)N/N=C2\C(=O)N(CC(=O)O)c3ccccc32)c1. The van der Waals surface area contributed by atoms with Crippen molar-refractivity contribution in [2.24, 2.45) is 10.2 Å². The lowest BCUT2D eigenvalue weighted by molar-refractivity contribution is -0.136. The maximum absolute atomic E-state index is 12.6. The van der Waals surface area contributed by atoms with Gasteiger partial charge in [0.15, 0.2) is 10.8 Å². The van der Waals surface area contributed by atoms with Gasteiger partial charge in [0.1, 0.15) is 6.54 Å². The number of thiocarbonyl (C=S) groups is 1. The maximum Gasteiger partial charge on any atom is 0.323 e. The maximum atomic E-state index is 12.6. The lowest BCUT2D eigenvalue weighted by Crippen LogP contribution is -2.36. The molecule has 150 valence electrons. The van der Waals surface area contributed by atoms with Crippen molar-refractivity contribution in [3.8, 4) is 0 Å². The van der Waals surface area contributed by atoms with E-state index in [1.54, 1.807) is 30.3 Å². The number of carbonyl (C=O) groups is 2. The summed E-state index contributed by atoms with van der Waals surface area (Å²) in [6, 6.07) is 12.3. The fourth-order valence-corrected chi connectivity index (χ4v) is 3.40. The molecule has 0 spiro atoms. The zero-order valence-electron chi connectivity index (χ0n) is 14.7. The third kappa shape index (κ3) is 4.56. The van der Waals surface area contributed by atoms with Crippen LogP contribution in [0.1, 0.15) is 5.56 Å². The van der Waals surface area contributed by atoms with Crippen LogP contribution in [-0.4, -0.2) is 42.8 Å². The van der Waals surface area contributed by atoms with E-state index in [1.165, 1.54) is 18.2 Å². The van der Waals surface area contributed by atoms with Crippen molar-refractivity contribution < 1.29 is 23.1 Å². The smallest absolute Gasteiger partial charge is 0.323 e. The number of nitrogens with zero attached hydrogens (tertiary/aromatic N) is 2. The van der Waals surface area contributed by atoms with Crippen LogP contribution in [0.4, 0.5) is 11.4 Å². The minimum absolute atomic E-state index is 0.00397. The Hall–Kier alpha value is -3.35. The molecular formula is C17H15N5O5S2. The highest BCUT2D eigenvalue weighted by molar-refractivity contribution is 7.89. The van der Waals surface area contributed by atoms with E-state index in [0.29, 0.717) is 16.9 Å². The number of nitrogens with two attached hydrogens (primary N) is 1. The summed E-state index contributed by atoms with van der Waals surface area (Å²) in [5.41, 5.74) is 3.75. The van der Waals surface area contributed by atoms with Crippen LogP contribution in [0.2, 0.25) is 0 Å². The number of rotatable bonds is 5. The quantitative estimate of drug-likeness (QED) is 0.392. The highest BCUT2D eigenvalue weighted by atomic mass is 32.2. The molecule has 5 N–H and O–H groups in total. The van der Waals surface area contributed by atoms with Crippen molar-refractivity contribution in [1.82, 2.24) is 5.43 Å². The van der Waals surface area contributed by atoms with E-state index in [4.69, 9.17) is 22.5 Å². The second kappa shape index (κ2) is 7.95. The van der Waals surface area contributed by atoms with Crippen LogP contribution in [0.3, 0.4) is 0 Å². The number of fused-ring (bicyclic) bond motifs is 1. The molecule has 1 aliphatic rings. The number of anilines is 2. The van der Waals surface area contributed by atoms with Gasteiger partial charge in [0.05, 0.1) is 10.6 Å². The van der Waals surface area contributed by atoms with Gasteiger partial charge in [0.25, 0.3) is 5.91 Å². The van der Waals surface area contributed by atoms with Crippen molar-refractivity contribution in [2.45, 2.75) is 4.90 Å². The number of carboxylic acid groups (broad SMARTS) is 1. The fourth-order valence-electron chi connectivity index (χ4n) is 2.68. The van der Waals surface area contributed by atoms with Crippen molar-refractivity contribution in [1.29, 1.82) is 0 Å². The van der Waals surface area contributed by atoms with Crippen molar-refractivity contribution in [2.75, 3.05) is 16.8 Å². The Morgan fingerprint density at radius 2 is 1.93 bits per heavy atom. The number of hydrazone groups is 1. The van der Waals surface area contributed by atoms with Crippen LogP contribution in [0.5, 0.6) is 0 Å². The summed E-state index contributed by atoms with van der Waals surface area (Å²) < 4.78 is 22.9. The van der Waals surface area contributed by atoms with E-state index in [9.17, 15) is 18.0 Å². The molecule has 0 aliphatic carbocycles. The number of benzene rings is 2. The Bertz CT molecular complexity index is 1150. The molecule has 29 heavy (non-hydrogen) atoms. The molecule has 0 radical (unpaired) electrons. The van der Waals surface area contributed by atoms with E-state index < -0.39 is 28.4 Å². The van der Waals surface area contributed by atoms with Crippen LogP contribution in [0, 0.1) is 0 Å². The van der Waals surface area contributed by atoms with E-state index >= 15 is 0 Å². The van der Waals surface area contributed by atoms with Gasteiger partial charge in [-0.1, -0.05) is 24.3 Å². The first-order chi connectivity index (χ1) is 13.7. The number of carboxylic acids is 1. The van der Waals surface area contributed by atoms with Gasteiger partial charge in [0, 0.05) is 11.3 Å². The van der Waals surface area contributed by atoms with Crippen LogP contribution < -0.4 is 20.8 Å². The number of hydrogen-bond acceptors (Lipinski definition) is 6. The molecule has 1 heterocycles. The summed E-state index contributed by atoms with van der Waals surface area (Å²) in [5.74, 6) is -1.74. The van der Waals surface area contributed by atoms with Gasteiger partial charge in [-0.05, 0) is 36.5 Å². The van der Waals surface area contributed by atoms with Gasteiger partial charge in [-0.15, -0.1) is 0 Å². The summed E-state index contributed by atoms with van der Waals surface area (Å²) in [4.78, 5) is 24.6. The molecule has 0 atom stereocenters. The van der Waals surface area contributed by atoms with Gasteiger partial charge >= 0.3 is 5.97 Å². The number of primary sulfonamides is 1. The van der Waals surface area contributed by atoms with Crippen molar-refractivity contribution in [3.05, 3.63) is 54.1 Å². The first-order valence-corrected chi connectivity index (χ1v) is 10.0. The topological polar surface area (TPSA) is 154 Å². The molecule has 2 aromatic rings. The van der Waals surface area contributed by atoms with Crippen molar-refractivity contribution >= 4 is 56.3 Å². The van der Waals surface area contributed by atoms with Gasteiger partial charge < -0.3 is 10.4 Å². The Labute approximate surface area is 171 Å². The Morgan fingerprint density at radius 3 is 2.62 bits per heavy atom. The van der Waals surface area contributed by atoms with E-state index in [2.05, 4.69) is 15.8 Å². The van der Waals surface area contributed by atoms with E-state index in [-0.39, 0.29) is 15.7 Å². The van der Waals surface area contributed by atoms with Crippen LogP contribution >= 0.6 is 12.2 Å². The third-order valence-corrected chi connectivity index (χ3v) is 4.99. The molecule has 0 saturated heterocycles. The molecule has 1 aliphatic heterocycles. The molecule has 3 rings (SSSR count). The molecule has 0 unspecified atom stereocenters. The minimum Gasteiger partial charge on any atom is -0.480 e. The molecule has 1 amide bonds. The second-order valence-electron chi connectivity index (χ2n) is 5.90. The molecule has 12 heteroatoms. The number of carbonyl (C=O) groups excluding carboxylic acids is 1. The molecule has 0 fully saturated rings. The summed E-state index contributed by atoms with van der Waals surface area (Å²) in [7, 11) is -3.87. The number of sulfonamides is 1. The van der Waals surface area contributed by atoms with Crippen LogP contribution in [0.25, 0.3) is 0 Å². The van der Waals surface area contributed by atoms with Gasteiger partial charge in [-0.3, -0.25) is 19.9 Å². The lowest BCUT2D eigenvalue weighted by Gasteiger charge is -2.13. The highest BCUT2D eigenvalue weighted by Gasteiger charge is 2.35. The Balaban J connectivity index is 1.78. The molecular weight excluding hydrogens is 418 g/mol. The monoisotopic (exact) mass is 433 g/mol. The predicted octanol–water partition coefficient (Wildman–Crippen LogP) is 0.456. The molecule has 2 aromatic carbocycles. The largest absolute Gasteiger partial charge is 0.480 e. The number of nitrogens with one attached hydrogen (secondary N) is 2. The first kappa shape index (κ1) is 20.4. The van der Waals surface area contributed by atoms with Gasteiger partial charge in [-0.2, -0.15) is 5.10 Å². The normalized spacial score (nSPS) is 14.6. The first-order valence-electron chi connectivity index (χ1n) is 8.07. The lowest BCUT2D eigenvalue weighted by atomic mass is 10.1. The molecule has 0 saturated carbocycles.